The summed E-state index contributed by atoms with van der Waals surface area (Å²) in [6, 6.07) is -0.467. The van der Waals surface area contributed by atoms with E-state index >= 15 is 0 Å². The molecule has 0 saturated carbocycles. The smallest absolute Gasteiger partial charge is 0.307 e. The Balaban J connectivity index is 2.61. The number of esters is 1. The average molecular weight is 213 g/mol. The fourth-order valence-electron chi connectivity index (χ4n) is 1.23. The van der Waals surface area contributed by atoms with Crippen LogP contribution in [0.3, 0.4) is 0 Å². The number of hydrogen-bond donors (Lipinski definition) is 2. The van der Waals surface area contributed by atoms with E-state index in [-0.39, 0.29) is 19.0 Å². The standard InChI is InChI=1S/C9H15N3O3/c1-15-9(14)2-3-12-6-11-4-8(12)7(10)5-13/h4,6-7,13H,2-3,5,10H2,1H3. The number of aliphatic hydroxyl groups is 1. The number of methoxy groups -OCH3 is 1. The molecule has 1 unspecified atom stereocenters. The summed E-state index contributed by atoms with van der Waals surface area (Å²) in [5.74, 6) is -0.285. The Morgan fingerprint density at radius 1 is 1.80 bits per heavy atom. The van der Waals surface area contributed by atoms with Crippen LogP contribution < -0.4 is 5.73 Å². The third-order valence-electron chi connectivity index (χ3n) is 2.11. The fourth-order valence-corrected chi connectivity index (χ4v) is 1.23. The molecule has 0 radical (unpaired) electrons. The Morgan fingerprint density at radius 2 is 2.53 bits per heavy atom. The van der Waals surface area contributed by atoms with Gasteiger partial charge in [-0.3, -0.25) is 4.79 Å². The highest BCUT2D eigenvalue weighted by molar-refractivity contribution is 5.68. The predicted octanol–water partition coefficient (Wildman–Crippen LogP) is -0.562. The fraction of sp³-hybridized carbons (Fsp3) is 0.556. The number of aliphatic hydroxyl groups excluding tert-OH is 1. The second-order valence-corrected chi connectivity index (χ2v) is 3.13. The Kier molecular flexibility index (Phi) is 4.26. The Morgan fingerprint density at radius 3 is 3.13 bits per heavy atom. The molecule has 6 nitrogen and oxygen atoms in total. The van der Waals surface area contributed by atoms with Gasteiger partial charge in [0.1, 0.15) is 0 Å². The van der Waals surface area contributed by atoms with Gasteiger partial charge < -0.3 is 20.1 Å². The largest absolute Gasteiger partial charge is 0.469 e. The van der Waals surface area contributed by atoms with Crippen molar-refractivity contribution < 1.29 is 14.6 Å². The van der Waals surface area contributed by atoms with E-state index in [1.54, 1.807) is 17.1 Å². The lowest BCUT2D eigenvalue weighted by atomic mass is 10.2. The Hall–Kier alpha value is -1.40. The number of aryl methyl sites for hydroxylation is 1. The van der Waals surface area contributed by atoms with Gasteiger partial charge in [0.05, 0.1) is 38.2 Å². The summed E-state index contributed by atoms with van der Waals surface area (Å²) in [4.78, 5) is 14.8. The van der Waals surface area contributed by atoms with Gasteiger partial charge >= 0.3 is 5.97 Å². The molecule has 1 rings (SSSR count). The van der Waals surface area contributed by atoms with Gasteiger partial charge in [-0.2, -0.15) is 0 Å². The number of rotatable bonds is 5. The lowest BCUT2D eigenvalue weighted by molar-refractivity contribution is -0.140. The van der Waals surface area contributed by atoms with E-state index < -0.39 is 6.04 Å². The minimum absolute atomic E-state index is 0.149. The first-order valence-electron chi connectivity index (χ1n) is 4.62. The predicted molar refractivity (Wildman–Crippen MR) is 52.9 cm³/mol. The van der Waals surface area contributed by atoms with Gasteiger partial charge in [0.25, 0.3) is 0 Å². The molecule has 1 aromatic heterocycles. The van der Waals surface area contributed by atoms with Crippen LogP contribution in [0.5, 0.6) is 0 Å². The summed E-state index contributed by atoms with van der Waals surface area (Å²) in [5, 5.41) is 8.90. The van der Waals surface area contributed by atoms with Crippen LogP contribution in [0, 0.1) is 0 Å². The van der Waals surface area contributed by atoms with Crippen molar-refractivity contribution in [2.75, 3.05) is 13.7 Å². The van der Waals surface area contributed by atoms with Crippen LogP contribution in [0.15, 0.2) is 12.5 Å². The highest BCUT2D eigenvalue weighted by atomic mass is 16.5. The van der Waals surface area contributed by atoms with Crippen LogP contribution in [0.4, 0.5) is 0 Å². The van der Waals surface area contributed by atoms with Crippen molar-refractivity contribution in [2.24, 2.45) is 5.73 Å². The molecule has 3 N–H and O–H groups in total. The summed E-state index contributed by atoms with van der Waals surface area (Å²) in [6.07, 6.45) is 3.42. The quantitative estimate of drug-likeness (QED) is 0.640. The van der Waals surface area contributed by atoms with E-state index in [4.69, 9.17) is 10.8 Å². The molecule has 15 heavy (non-hydrogen) atoms. The van der Waals surface area contributed by atoms with Gasteiger partial charge in [-0.25, -0.2) is 4.98 Å². The molecule has 0 aliphatic heterocycles. The molecule has 0 aromatic carbocycles. The zero-order valence-electron chi connectivity index (χ0n) is 8.59. The SMILES string of the molecule is COC(=O)CCn1cncc1C(N)CO. The molecular weight excluding hydrogens is 198 g/mol. The monoisotopic (exact) mass is 213 g/mol. The topological polar surface area (TPSA) is 90.4 Å². The van der Waals surface area contributed by atoms with Crippen molar-refractivity contribution in [3.8, 4) is 0 Å². The third kappa shape index (κ3) is 3.03. The summed E-state index contributed by atoms with van der Waals surface area (Å²) >= 11 is 0. The number of imidazole rings is 1. The number of carbonyl (C=O) groups excluding carboxylic acids is 1. The molecule has 84 valence electrons. The van der Waals surface area contributed by atoms with Crippen molar-refractivity contribution in [3.63, 3.8) is 0 Å². The number of nitrogens with two attached hydrogens (primary N) is 1. The normalized spacial score (nSPS) is 12.5. The first-order valence-corrected chi connectivity index (χ1v) is 4.62. The van der Waals surface area contributed by atoms with Gasteiger partial charge in [-0.15, -0.1) is 0 Å². The van der Waals surface area contributed by atoms with E-state index in [0.29, 0.717) is 12.2 Å². The molecule has 0 bridgehead atoms. The molecule has 0 spiro atoms. The van der Waals surface area contributed by atoms with Crippen molar-refractivity contribution in [2.45, 2.75) is 19.0 Å². The minimum Gasteiger partial charge on any atom is -0.469 e. The summed E-state index contributed by atoms with van der Waals surface area (Å²) in [6.45, 7) is 0.305. The summed E-state index contributed by atoms with van der Waals surface area (Å²) in [5.41, 5.74) is 6.36. The van der Waals surface area contributed by atoms with Gasteiger partial charge in [-0.05, 0) is 0 Å². The lowest BCUT2D eigenvalue weighted by Gasteiger charge is -2.11. The molecule has 0 amide bonds. The van der Waals surface area contributed by atoms with E-state index in [9.17, 15) is 4.79 Å². The van der Waals surface area contributed by atoms with Crippen molar-refractivity contribution in [1.29, 1.82) is 0 Å². The number of ether oxygens (including phenoxy) is 1. The lowest BCUT2D eigenvalue weighted by Crippen LogP contribution is -2.19. The number of aromatic nitrogens is 2. The van der Waals surface area contributed by atoms with E-state index in [1.807, 2.05) is 0 Å². The van der Waals surface area contributed by atoms with Crippen LogP contribution in [0.2, 0.25) is 0 Å². The van der Waals surface area contributed by atoms with Crippen molar-refractivity contribution in [3.05, 3.63) is 18.2 Å². The van der Waals surface area contributed by atoms with Crippen LogP contribution in [0.1, 0.15) is 18.2 Å². The molecule has 1 heterocycles. The third-order valence-corrected chi connectivity index (χ3v) is 2.11. The van der Waals surface area contributed by atoms with Crippen molar-refractivity contribution in [1.82, 2.24) is 9.55 Å². The zero-order chi connectivity index (χ0) is 11.3. The molecule has 6 heteroatoms. The molecule has 0 fully saturated rings. The highest BCUT2D eigenvalue weighted by Gasteiger charge is 2.11. The maximum absolute atomic E-state index is 10.9. The van der Waals surface area contributed by atoms with E-state index in [0.717, 1.165) is 0 Å². The molecule has 0 aliphatic carbocycles. The minimum atomic E-state index is -0.467. The molecule has 0 aliphatic rings. The van der Waals surface area contributed by atoms with Gasteiger partial charge in [0, 0.05) is 12.7 Å². The number of nitrogens with zero attached hydrogens (tertiary/aromatic N) is 2. The van der Waals surface area contributed by atoms with Gasteiger partial charge in [0.2, 0.25) is 0 Å². The zero-order valence-corrected chi connectivity index (χ0v) is 8.59. The summed E-state index contributed by atoms with van der Waals surface area (Å²) < 4.78 is 6.26. The first-order chi connectivity index (χ1) is 7.19. The Bertz CT molecular complexity index is 324. The first kappa shape index (κ1) is 11.7. The number of carbonyl (C=O) groups is 1. The highest BCUT2D eigenvalue weighted by Crippen LogP contribution is 2.09. The molecular formula is C9H15N3O3. The number of hydrogen-bond acceptors (Lipinski definition) is 5. The second-order valence-electron chi connectivity index (χ2n) is 3.13. The van der Waals surface area contributed by atoms with Crippen LogP contribution in [-0.2, 0) is 16.1 Å². The van der Waals surface area contributed by atoms with Gasteiger partial charge in [-0.1, -0.05) is 0 Å². The van der Waals surface area contributed by atoms with Crippen LogP contribution in [-0.4, -0.2) is 34.3 Å². The van der Waals surface area contributed by atoms with Gasteiger partial charge in [0.15, 0.2) is 0 Å². The molecule has 1 atom stereocenters. The molecule has 0 saturated heterocycles. The van der Waals surface area contributed by atoms with Crippen LogP contribution >= 0.6 is 0 Å². The second kappa shape index (κ2) is 5.47. The summed E-state index contributed by atoms with van der Waals surface area (Å²) in [7, 11) is 1.34. The average Bonchev–Trinajstić information content (AvgIpc) is 2.72. The maximum atomic E-state index is 10.9. The maximum Gasteiger partial charge on any atom is 0.307 e. The van der Waals surface area contributed by atoms with Crippen LogP contribution in [0.25, 0.3) is 0 Å². The van der Waals surface area contributed by atoms with E-state index in [2.05, 4.69) is 9.72 Å². The molecule has 1 aromatic rings. The van der Waals surface area contributed by atoms with Crippen molar-refractivity contribution >= 4 is 5.97 Å². The van der Waals surface area contributed by atoms with E-state index in [1.165, 1.54) is 7.11 Å². The Labute approximate surface area is 87.7 Å².